The number of amides is 1. The zero-order valence-corrected chi connectivity index (χ0v) is 12.6. The molecule has 3 N–H and O–H groups in total. The summed E-state index contributed by atoms with van der Waals surface area (Å²) in [6, 6.07) is 5.68. The van der Waals surface area contributed by atoms with E-state index in [9.17, 15) is 13.2 Å². The maximum absolute atomic E-state index is 12.0. The van der Waals surface area contributed by atoms with Crippen LogP contribution in [0.1, 0.15) is 16.8 Å². The van der Waals surface area contributed by atoms with Gasteiger partial charge >= 0.3 is 0 Å². The Kier molecular flexibility index (Phi) is 7.30. The fourth-order valence-corrected chi connectivity index (χ4v) is 2.63. The molecule has 0 bridgehead atoms. The lowest BCUT2D eigenvalue weighted by Gasteiger charge is -2.07. The van der Waals surface area contributed by atoms with E-state index in [2.05, 4.69) is 10.0 Å². The maximum atomic E-state index is 12.0. The first-order chi connectivity index (χ1) is 10.0. The van der Waals surface area contributed by atoms with Crippen molar-refractivity contribution in [1.29, 1.82) is 0 Å². The standard InChI is InChI=1S/C13H20N2O5S/c1-14-13(17)11-3-5-12(6-4-11)21(18,19)15-7-2-9-20-10-8-16/h3-6,15-16H,2,7-10H2,1H3,(H,14,17). The second-order valence-electron chi connectivity index (χ2n) is 4.19. The van der Waals surface area contributed by atoms with Gasteiger partial charge in [-0.25, -0.2) is 13.1 Å². The van der Waals surface area contributed by atoms with Gasteiger partial charge in [0.25, 0.3) is 5.91 Å². The molecular formula is C13H20N2O5S. The van der Waals surface area contributed by atoms with E-state index >= 15 is 0 Å². The molecule has 0 aliphatic carbocycles. The highest BCUT2D eigenvalue weighted by Gasteiger charge is 2.13. The predicted octanol–water partition coefficient (Wildman–Crippen LogP) is -0.276. The highest BCUT2D eigenvalue weighted by Crippen LogP contribution is 2.10. The second-order valence-corrected chi connectivity index (χ2v) is 5.96. The largest absolute Gasteiger partial charge is 0.394 e. The number of rotatable bonds is 9. The Labute approximate surface area is 124 Å². The Morgan fingerprint density at radius 1 is 1.24 bits per heavy atom. The number of aliphatic hydroxyl groups is 1. The second kappa shape index (κ2) is 8.73. The third-order valence-electron chi connectivity index (χ3n) is 2.65. The number of ether oxygens (including phenoxy) is 1. The molecule has 0 radical (unpaired) electrons. The summed E-state index contributed by atoms with van der Waals surface area (Å²) in [6.07, 6.45) is 0.509. The average Bonchev–Trinajstić information content (AvgIpc) is 2.50. The zero-order chi connectivity index (χ0) is 15.7. The van der Waals surface area contributed by atoms with Gasteiger partial charge in [-0.05, 0) is 30.7 Å². The number of aliphatic hydroxyl groups excluding tert-OH is 1. The van der Waals surface area contributed by atoms with E-state index in [0.717, 1.165) is 0 Å². The van der Waals surface area contributed by atoms with Crippen LogP contribution in [-0.4, -0.2) is 52.8 Å². The van der Waals surface area contributed by atoms with Gasteiger partial charge in [0.05, 0.1) is 18.1 Å². The number of carbonyl (C=O) groups is 1. The fourth-order valence-electron chi connectivity index (χ4n) is 1.56. The lowest BCUT2D eigenvalue weighted by Crippen LogP contribution is -2.26. The molecule has 8 heteroatoms. The molecule has 0 heterocycles. The molecule has 0 aromatic heterocycles. The minimum absolute atomic E-state index is 0.0522. The quantitative estimate of drug-likeness (QED) is 0.544. The molecule has 1 aromatic rings. The van der Waals surface area contributed by atoms with Crippen molar-refractivity contribution in [3.63, 3.8) is 0 Å². The molecule has 1 amide bonds. The van der Waals surface area contributed by atoms with Crippen LogP contribution in [0.4, 0.5) is 0 Å². The molecule has 0 saturated carbocycles. The van der Waals surface area contributed by atoms with Gasteiger partial charge in [0.1, 0.15) is 0 Å². The van der Waals surface area contributed by atoms with Crippen LogP contribution in [0.3, 0.4) is 0 Å². The molecule has 1 rings (SSSR count). The lowest BCUT2D eigenvalue weighted by atomic mass is 10.2. The Morgan fingerprint density at radius 2 is 1.90 bits per heavy atom. The molecule has 0 saturated heterocycles. The number of benzene rings is 1. The summed E-state index contributed by atoms with van der Waals surface area (Å²) in [5.74, 6) is -0.270. The Hall–Kier alpha value is -1.48. The molecule has 0 unspecified atom stereocenters. The van der Waals surface area contributed by atoms with Crippen LogP contribution >= 0.6 is 0 Å². The van der Waals surface area contributed by atoms with E-state index in [1.54, 1.807) is 0 Å². The van der Waals surface area contributed by atoms with E-state index in [1.165, 1.54) is 31.3 Å². The topological polar surface area (TPSA) is 105 Å². The van der Waals surface area contributed by atoms with Crippen molar-refractivity contribution in [2.24, 2.45) is 0 Å². The van der Waals surface area contributed by atoms with E-state index in [1.807, 2.05) is 0 Å². The summed E-state index contributed by atoms with van der Waals surface area (Å²) < 4.78 is 31.4. The number of sulfonamides is 1. The van der Waals surface area contributed by atoms with Gasteiger partial charge in [0, 0.05) is 25.8 Å². The van der Waals surface area contributed by atoms with E-state index in [4.69, 9.17) is 9.84 Å². The Balaban J connectivity index is 2.52. The van der Waals surface area contributed by atoms with E-state index in [0.29, 0.717) is 18.6 Å². The van der Waals surface area contributed by atoms with Crippen LogP contribution in [0, 0.1) is 0 Å². The van der Waals surface area contributed by atoms with Crippen molar-refractivity contribution >= 4 is 15.9 Å². The minimum Gasteiger partial charge on any atom is -0.394 e. The zero-order valence-electron chi connectivity index (χ0n) is 11.8. The van der Waals surface area contributed by atoms with Gasteiger partial charge in [-0.15, -0.1) is 0 Å². The average molecular weight is 316 g/mol. The molecule has 118 valence electrons. The normalized spacial score (nSPS) is 11.3. The molecular weight excluding hydrogens is 296 g/mol. The van der Waals surface area contributed by atoms with Crippen LogP contribution in [0.2, 0.25) is 0 Å². The molecule has 0 aliphatic rings. The van der Waals surface area contributed by atoms with Gasteiger partial charge in [0.15, 0.2) is 0 Å². The van der Waals surface area contributed by atoms with E-state index in [-0.39, 0.29) is 30.6 Å². The summed E-state index contributed by atoms with van der Waals surface area (Å²) in [6.45, 7) is 0.806. The molecule has 21 heavy (non-hydrogen) atoms. The maximum Gasteiger partial charge on any atom is 0.251 e. The monoisotopic (exact) mass is 316 g/mol. The van der Waals surface area contributed by atoms with Crippen LogP contribution in [-0.2, 0) is 14.8 Å². The SMILES string of the molecule is CNC(=O)c1ccc(S(=O)(=O)NCCCOCCO)cc1. The number of hydrogen-bond acceptors (Lipinski definition) is 5. The summed E-state index contributed by atoms with van der Waals surface area (Å²) in [5.41, 5.74) is 0.397. The van der Waals surface area contributed by atoms with Crippen LogP contribution in [0.5, 0.6) is 0 Å². The Morgan fingerprint density at radius 3 is 2.48 bits per heavy atom. The van der Waals surface area contributed by atoms with Crippen LogP contribution < -0.4 is 10.0 Å². The van der Waals surface area contributed by atoms with Crippen molar-refractivity contribution in [3.05, 3.63) is 29.8 Å². The predicted molar refractivity (Wildman–Crippen MR) is 77.5 cm³/mol. The summed E-state index contributed by atoms with van der Waals surface area (Å²) >= 11 is 0. The van der Waals surface area contributed by atoms with Crippen molar-refractivity contribution in [2.75, 3.05) is 33.4 Å². The van der Waals surface area contributed by atoms with Crippen molar-refractivity contribution in [1.82, 2.24) is 10.0 Å². The number of carbonyl (C=O) groups excluding carboxylic acids is 1. The summed E-state index contributed by atoms with van der Waals surface area (Å²) in [7, 11) is -2.08. The summed E-state index contributed by atoms with van der Waals surface area (Å²) in [5, 5.41) is 11.0. The lowest BCUT2D eigenvalue weighted by molar-refractivity contribution is 0.0913. The third-order valence-corrected chi connectivity index (χ3v) is 4.12. The highest BCUT2D eigenvalue weighted by atomic mass is 32.2. The molecule has 0 fully saturated rings. The van der Waals surface area contributed by atoms with Gasteiger partial charge in [-0.3, -0.25) is 4.79 Å². The van der Waals surface area contributed by atoms with Crippen LogP contribution in [0.25, 0.3) is 0 Å². The van der Waals surface area contributed by atoms with Gasteiger partial charge in [-0.1, -0.05) is 0 Å². The molecule has 0 aliphatic heterocycles. The molecule has 1 aromatic carbocycles. The molecule has 7 nitrogen and oxygen atoms in total. The first kappa shape index (κ1) is 17.6. The molecule has 0 spiro atoms. The minimum atomic E-state index is -3.59. The smallest absolute Gasteiger partial charge is 0.251 e. The number of nitrogens with one attached hydrogen (secondary N) is 2. The molecule has 0 atom stereocenters. The first-order valence-corrected chi connectivity index (χ1v) is 8.00. The van der Waals surface area contributed by atoms with Crippen LogP contribution in [0.15, 0.2) is 29.2 Å². The van der Waals surface area contributed by atoms with Gasteiger partial charge < -0.3 is 15.2 Å². The highest BCUT2D eigenvalue weighted by molar-refractivity contribution is 7.89. The third kappa shape index (κ3) is 5.80. The fraction of sp³-hybridized carbons (Fsp3) is 0.462. The van der Waals surface area contributed by atoms with Crippen molar-refractivity contribution in [2.45, 2.75) is 11.3 Å². The number of hydrogen-bond donors (Lipinski definition) is 3. The summed E-state index contributed by atoms with van der Waals surface area (Å²) in [4.78, 5) is 11.5. The first-order valence-electron chi connectivity index (χ1n) is 6.51. The Bertz CT molecular complexity index is 542. The van der Waals surface area contributed by atoms with Gasteiger partial charge in [-0.2, -0.15) is 0 Å². The van der Waals surface area contributed by atoms with Gasteiger partial charge in [0.2, 0.25) is 10.0 Å². The van der Waals surface area contributed by atoms with Crippen molar-refractivity contribution < 1.29 is 23.1 Å². The van der Waals surface area contributed by atoms with E-state index < -0.39 is 10.0 Å². The van der Waals surface area contributed by atoms with Crippen molar-refractivity contribution in [3.8, 4) is 0 Å².